The highest BCUT2D eigenvalue weighted by molar-refractivity contribution is 7.89. The van der Waals surface area contributed by atoms with Gasteiger partial charge in [0.1, 0.15) is 0 Å². The smallest absolute Gasteiger partial charge is 0.213 e. The highest BCUT2D eigenvalue weighted by atomic mass is 32.2. The van der Waals surface area contributed by atoms with Crippen molar-refractivity contribution in [2.45, 2.75) is 38.3 Å². The lowest BCUT2D eigenvalue weighted by atomic mass is 10.3. The molecule has 2 atom stereocenters. The summed E-state index contributed by atoms with van der Waals surface area (Å²) < 4.78 is 31.3. The molecule has 2 N–H and O–H groups in total. The Morgan fingerprint density at radius 2 is 2.31 bits per heavy atom. The number of nitrogens with one attached hydrogen (secondary N) is 2. The van der Waals surface area contributed by atoms with Gasteiger partial charge in [0.25, 0.3) is 0 Å². The molecule has 0 aliphatic carbocycles. The zero-order chi connectivity index (χ0) is 12.0. The summed E-state index contributed by atoms with van der Waals surface area (Å²) in [6, 6.07) is -0.00560. The van der Waals surface area contributed by atoms with Gasteiger partial charge in [-0.1, -0.05) is 6.92 Å². The molecule has 1 saturated heterocycles. The van der Waals surface area contributed by atoms with Crippen LogP contribution in [0.5, 0.6) is 0 Å². The molecule has 1 rings (SSSR count). The number of hydrogen-bond acceptors (Lipinski definition) is 4. The molecule has 2 unspecified atom stereocenters. The molecule has 0 saturated carbocycles. The summed E-state index contributed by atoms with van der Waals surface area (Å²) in [4.78, 5) is 0. The molecular weight excluding hydrogens is 228 g/mol. The van der Waals surface area contributed by atoms with Crippen LogP contribution in [0.15, 0.2) is 0 Å². The van der Waals surface area contributed by atoms with Crippen LogP contribution in [0.25, 0.3) is 0 Å². The number of hydrogen-bond donors (Lipinski definition) is 2. The molecule has 0 aromatic heterocycles. The van der Waals surface area contributed by atoms with Crippen molar-refractivity contribution in [1.29, 1.82) is 0 Å². The summed E-state index contributed by atoms with van der Waals surface area (Å²) in [5.74, 6) is 0.174. The molecule has 0 aromatic carbocycles. The highest BCUT2D eigenvalue weighted by Gasteiger charge is 2.23. The van der Waals surface area contributed by atoms with Gasteiger partial charge in [-0.15, -0.1) is 0 Å². The fourth-order valence-corrected chi connectivity index (χ4v) is 3.56. The molecule has 16 heavy (non-hydrogen) atoms. The quantitative estimate of drug-likeness (QED) is 0.671. The molecule has 0 bridgehead atoms. The summed E-state index contributed by atoms with van der Waals surface area (Å²) in [6.45, 7) is 3.29. The molecule has 6 heteroatoms. The van der Waals surface area contributed by atoms with Crippen molar-refractivity contribution < 1.29 is 13.2 Å². The first-order valence-electron chi connectivity index (χ1n) is 5.79. The normalized spacial score (nSPS) is 23.5. The lowest BCUT2D eigenvalue weighted by Crippen LogP contribution is -2.43. The summed E-state index contributed by atoms with van der Waals surface area (Å²) in [5.41, 5.74) is 0. The number of sulfonamides is 1. The Morgan fingerprint density at radius 1 is 1.56 bits per heavy atom. The second-order valence-corrected chi connectivity index (χ2v) is 6.05. The molecule has 1 aliphatic heterocycles. The minimum Gasteiger partial charge on any atom is -0.383 e. The van der Waals surface area contributed by atoms with E-state index in [0.717, 1.165) is 25.8 Å². The van der Waals surface area contributed by atoms with E-state index in [2.05, 4.69) is 10.0 Å². The minimum absolute atomic E-state index is 0.109. The van der Waals surface area contributed by atoms with Gasteiger partial charge in [-0.05, 0) is 25.8 Å². The monoisotopic (exact) mass is 250 g/mol. The second kappa shape index (κ2) is 6.54. The van der Waals surface area contributed by atoms with Crippen molar-refractivity contribution in [3.63, 3.8) is 0 Å². The van der Waals surface area contributed by atoms with Crippen LogP contribution in [0.2, 0.25) is 0 Å². The molecule has 1 fully saturated rings. The average molecular weight is 250 g/mol. The molecule has 5 nitrogen and oxygen atoms in total. The summed E-state index contributed by atoms with van der Waals surface area (Å²) in [7, 11) is -1.61. The summed E-state index contributed by atoms with van der Waals surface area (Å²) in [6.07, 6.45) is 2.75. The molecule has 0 spiro atoms. The Hall–Kier alpha value is -0.170. The standard InChI is InChI=1S/C10H22N2O3S/c1-3-9(7-15-2)12-16(13,14)8-10-5-4-6-11-10/h9-12H,3-8H2,1-2H3. The van der Waals surface area contributed by atoms with Gasteiger partial charge in [0.2, 0.25) is 10.0 Å². The van der Waals surface area contributed by atoms with Crippen molar-refractivity contribution in [2.75, 3.05) is 26.0 Å². The summed E-state index contributed by atoms with van der Waals surface area (Å²) in [5, 5.41) is 3.19. The van der Waals surface area contributed by atoms with Crippen LogP contribution in [-0.2, 0) is 14.8 Å². The second-order valence-electron chi connectivity index (χ2n) is 4.25. The van der Waals surface area contributed by atoms with Crippen molar-refractivity contribution in [3.8, 4) is 0 Å². The van der Waals surface area contributed by atoms with E-state index in [1.165, 1.54) is 0 Å². The van der Waals surface area contributed by atoms with Crippen LogP contribution >= 0.6 is 0 Å². The lowest BCUT2D eigenvalue weighted by Gasteiger charge is -2.18. The first-order valence-corrected chi connectivity index (χ1v) is 7.45. The first kappa shape index (κ1) is 13.9. The third-order valence-electron chi connectivity index (χ3n) is 2.79. The predicted molar refractivity (Wildman–Crippen MR) is 63.9 cm³/mol. The minimum atomic E-state index is -3.19. The van der Waals surface area contributed by atoms with Gasteiger partial charge in [0.05, 0.1) is 12.4 Å². The Kier molecular flexibility index (Phi) is 5.68. The van der Waals surface area contributed by atoms with Gasteiger partial charge in [0.15, 0.2) is 0 Å². The van der Waals surface area contributed by atoms with E-state index < -0.39 is 10.0 Å². The number of ether oxygens (including phenoxy) is 1. The average Bonchev–Trinajstić information content (AvgIpc) is 2.68. The van der Waals surface area contributed by atoms with Gasteiger partial charge >= 0.3 is 0 Å². The van der Waals surface area contributed by atoms with Gasteiger partial charge in [-0.3, -0.25) is 0 Å². The molecule has 1 heterocycles. The molecule has 96 valence electrons. The SMILES string of the molecule is CCC(COC)NS(=O)(=O)CC1CCCN1. The van der Waals surface area contributed by atoms with Gasteiger partial charge in [-0.2, -0.15) is 0 Å². The third kappa shape index (κ3) is 4.78. The van der Waals surface area contributed by atoms with Crippen LogP contribution in [0.1, 0.15) is 26.2 Å². The molecule has 0 aromatic rings. The van der Waals surface area contributed by atoms with E-state index in [1.54, 1.807) is 7.11 Å². The van der Waals surface area contributed by atoms with E-state index in [4.69, 9.17) is 4.74 Å². The molecular formula is C10H22N2O3S. The van der Waals surface area contributed by atoms with Crippen LogP contribution in [-0.4, -0.2) is 46.5 Å². The topological polar surface area (TPSA) is 67.4 Å². The van der Waals surface area contributed by atoms with Crippen LogP contribution in [0.4, 0.5) is 0 Å². The van der Waals surface area contributed by atoms with Crippen molar-refractivity contribution in [2.24, 2.45) is 0 Å². The highest BCUT2D eigenvalue weighted by Crippen LogP contribution is 2.07. The Morgan fingerprint density at radius 3 is 2.81 bits per heavy atom. The molecule has 0 radical (unpaired) electrons. The Bertz CT molecular complexity index is 286. The van der Waals surface area contributed by atoms with E-state index in [9.17, 15) is 8.42 Å². The van der Waals surface area contributed by atoms with Crippen LogP contribution < -0.4 is 10.0 Å². The maximum absolute atomic E-state index is 11.8. The van der Waals surface area contributed by atoms with Gasteiger partial charge in [-0.25, -0.2) is 13.1 Å². The largest absolute Gasteiger partial charge is 0.383 e. The maximum Gasteiger partial charge on any atom is 0.213 e. The van der Waals surface area contributed by atoms with E-state index in [0.29, 0.717) is 6.61 Å². The Balaban J connectivity index is 2.42. The maximum atomic E-state index is 11.8. The Labute approximate surface area is 98.0 Å². The number of rotatable bonds is 7. The fourth-order valence-electron chi connectivity index (χ4n) is 1.90. The van der Waals surface area contributed by atoms with Gasteiger partial charge in [0, 0.05) is 19.2 Å². The van der Waals surface area contributed by atoms with Gasteiger partial charge < -0.3 is 10.1 Å². The molecule has 0 amide bonds. The lowest BCUT2D eigenvalue weighted by molar-refractivity contribution is 0.173. The van der Waals surface area contributed by atoms with Crippen LogP contribution in [0.3, 0.4) is 0 Å². The van der Waals surface area contributed by atoms with Crippen molar-refractivity contribution in [3.05, 3.63) is 0 Å². The zero-order valence-electron chi connectivity index (χ0n) is 10.0. The zero-order valence-corrected chi connectivity index (χ0v) is 10.8. The fraction of sp³-hybridized carbons (Fsp3) is 1.00. The summed E-state index contributed by atoms with van der Waals surface area (Å²) >= 11 is 0. The van der Waals surface area contributed by atoms with Crippen molar-refractivity contribution >= 4 is 10.0 Å². The van der Waals surface area contributed by atoms with Crippen molar-refractivity contribution in [1.82, 2.24) is 10.0 Å². The van der Waals surface area contributed by atoms with E-state index in [1.807, 2.05) is 6.92 Å². The number of methoxy groups -OCH3 is 1. The first-order chi connectivity index (χ1) is 7.57. The predicted octanol–water partition coefficient (Wildman–Crippen LogP) is 0.0828. The van der Waals surface area contributed by atoms with E-state index >= 15 is 0 Å². The van der Waals surface area contributed by atoms with Crippen LogP contribution in [0, 0.1) is 0 Å². The third-order valence-corrected chi connectivity index (χ3v) is 4.32. The molecule has 1 aliphatic rings. The van der Waals surface area contributed by atoms with E-state index in [-0.39, 0.29) is 17.8 Å².